The Morgan fingerprint density at radius 3 is 2.42 bits per heavy atom. The van der Waals surface area contributed by atoms with E-state index in [-0.39, 0.29) is 11.5 Å². The number of nitrogens with zero attached hydrogens (tertiary/aromatic N) is 1. The van der Waals surface area contributed by atoms with E-state index in [4.69, 9.17) is 14.9 Å². The molecule has 0 atom stereocenters. The number of methoxy groups -OCH3 is 1. The van der Waals surface area contributed by atoms with Crippen LogP contribution in [0.5, 0.6) is 5.75 Å². The van der Waals surface area contributed by atoms with Crippen molar-refractivity contribution >= 4 is 35.1 Å². The monoisotopic (exact) mass is 462 g/mol. The van der Waals surface area contributed by atoms with Crippen LogP contribution in [-0.2, 0) is 0 Å². The largest absolute Gasteiger partial charge is 0.497 e. The van der Waals surface area contributed by atoms with Gasteiger partial charge in [0.15, 0.2) is 5.76 Å². The Hall–Kier alpha value is -3.25. The van der Waals surface area contributed by atoms with Crippen molar-refractivity contribution in [2.45, 2.75) is 33.1 Å². The third-order valence-electron chi connectivity index (χ3n) is 5.40. The summed E-state index contributed by atoms with van der Waals surface area (Å²) >= 11 is 4.05. The molecule has 4 aromatic rings. The average Bonchev–Trinajstić information content (AvgIpc) is 3.18. The molecule has 4 rings (SSSR count). The van der Waals surface area contributed by atoms with Gasteiger partial charge in [-0.25, -0.2) is 0 Å². The summed E-state index contributed by atoms with van der Waals surface area (Å²) in [6.45, 7) is 4.05. The van der Waals surface area contributed by atoms with Crippen LogP contribution in [0, 0.1) is 6.92 Å². The lowest BCUT2D eigenvalue weighted by atomic mass is 10.0. The lowest BCUT2D eigenvalue weighted by Gasteiger charge is -2.03. The first-order valence-corrected chi connectivity index (χ1v) is 11.7. The molecule has 6 heteroatoms. The van der Waals surface area contributed by atoms with Crippen LogP contribution in [0.3, 0.4) is 0 Å². The van der Waals surface area contributed by atoms with Gasteiger partial charge < -0.3 is 14.9 Å². The number of benzene rings is 2. The van der Waals surface area contributed by atoms with Crippen molar-refractivity contribution in [2.75, 3.05) is 18.6 Å². The number of unbranched alkanes of at least 4 members (excludes halogenated alkanes) is 2. The van der Waals surface area contributed by atoms with Gasteiger partial charge in [-0.2, -0.15) is 12.6 Å². The second-order valence-electron chi connectivity index (χ2n) is 7.73. The van der Waals surface area contributed by atoms with Crippen LogP contribution in [-0.4, -0.2) is 23.6 Å². The first-order chi connectivity index (χ1) is 16.0. The Balaban J connectivity index is 0.000000454. The average molecular weight is 463 g/mol. The van der Waals surface area contributed by atoms with Crippen molar-refractivity contribution in [1.82, 2.24) is 4.98 Å². The molecule has 2 N–H and O–H groups in total. The molecule has 172 valence electrons. The van der Waals surface area contributed by atoms with Crippen LogP contribution in [0.1, 0.15) is 47.9 Å². The van der Waals surface area contributed by atoms with Crippen LogP contribution in [0.25, 0.3) is 22.1 Å². The van der Waals surface area contributed by atoms with E-state index in [0.717, 1.165) is 33.6 Å². The molecule has 0 saturated heterocycles. The van der Waals surface area contributed by atoms with Crippen molar-refractivity contribution < 1.29 is 13.9 Å². The standard InChI is InChI=1S/C22H18N2O3.C5H12S/c1-13-9-10-24-12-18(13)21(25)22-20(23)17-8-5-15(11-19(17)27-22)14-3-6-16(26-2)7-4-14;1-2-3-4-5-6/h3-12H,23H2,1-2H3;6H,2-5H2,1H3. The maximum Gasteiger partial charge on any atom is 0.232 e. The third-order valence-corrected chi connectivity index (χ3v) is 5.72. The van der Waals surface area contributed by atoms with Gasteiger partial charge in [0.05, 0.1) is 12.8 Å². The number of anilines is 1. The summed E-state index contributed by atoms with van der Waals surface area (Å²) in [4.78, 5) is 16.9. The van der Waals surface area contributed by atoms with Crippen molar-refractivity contribution in [2.24, 2.45) is 0 Å². The number of pyridine rings is 1. The molecule has 0 saturated carbocycles. The summed E-state index contributed by atoms with van der Waals surface area (Å²) in [5.74, 6) is 1.73. The highest BCUT2D eigenvalue weighted by molar-refractivity contribution is 7.80. The molecule has 0 spiro atoms. The number of carbonyl (C=O) groups is 1. The summed E-state index contributed by atoms with van der Waals surface area (Å²) < 4.78 is 11.0. The number of thiol groups is 1. The van der Waals surface area contributed by atoms with Crippen LogP contribution in [0.15, 0.2) is 65.3 Å². The molecule has 2 aromatic heterocycles. The van der Waals surface area contributed by atoms with Crippen LogP contribution in [0.2, 0.25) is 0 Å². The summed E-state index contributed by atoms with van der Waals surface area (Å²) in [6, 6.07) is 15.2. The number of carbonyl (C=O) groups excluding carboxylic acids is 1. The summed E-state index contributed by atoms with van der Waals surface area (Å²) in [6.07, 6.45) is 7.10. The minimum Gasteiger partial charge on any atom is -0.497 e. The number of nitrogens with two attached hydrogens (primary N) is 1. The van der Waals surface area contributed by atoms with E-state index in [1.165, 1.54) is 25.5 Å². The van der Waals surface area contributed by atoms with E-state index in [2.05, 4.69) is 24.5 Å². The molecule has 0 amide bonds. The molecule has 0 aliphatic carbocycles. The predicted molar refractivity (Wildman–Crippen MR) is 138 cm³/mol. The van der Waals surface area contributed by atoms with E-state index in [9.17, 15) is 4.79 Å². The third kappa shape index (κ3) is 5.76. The fourth-order valence-corrected chi connectivity index (χ4v) is 3.66. The Kier molecular flexibility index (Phi) is 8.55. The highest BCUT2D eigenvalue weighted by atomic mass is 32.1. The zero-order valence-electron chi connectivity index (χ0n) is 19.3. The van der Waals surface area contributed by atoms with E-state index in [0.29, 0.717) is 16.8 Å². The molecule has 0 bridgehead atoms. The first-order valence-electron chi connectivity index (χ1n) is 11.0. The Morgan fingerprint density at radius 2 is 1.82 bits per heavy atom. The van der Waals surface area contributed by atoms with E-state index in [1.807, 2.05) is 49.4 Å². The van der Waals surface area contributed by atoms with Gasteiger partial charge in [-0.05, 0) is 66.1 Å². The highest BCUT2D eigenvalue weighted by Gasteiger charge is 2.21. The molecule has 0 radical (unpaired) electrons. The number of fused-ring (bicyclic) bond motifs is 1. The number of hydrogen-bond acceptors (Lipinski definition) is 6. The molecule has 5 nitrogen and oxygen atoms in total. The zero-order valence-corrected chi connectivity index (χ0v) is 20.2. The zero-order chi connectivity index (χ0) is 23.8. The number of hydrogen-bond donors (Lipinski definition) is 2. The van der Waals surface area contributed by atoms with E-state index < -0.39 is 0 Å². The molecule has 0 aliphatic rings. The van der Waals surface area contributed by atoms with Crippen LogP contribution in [0.4, 0.5) is 5.69 Å². The summed E-state index contributed by atoms with van der Waals surface area (Å²) in [5, 5.41) is 0.720. The fourth-order valence-electron chi connectivity index (χ4n) is 3.43. The summed E-state index contributed by atoms with van der Waals surface area (Å²) in [5.41, 5.74) is 10.4. The first kappa shape index (κ1) is 24.4. The summed E-state index contributed by atoms with van der Waals surface area (Å²) in [7, 11) is 1.63. The molecular formula is C27H30N2O3S. The molecule has 33 heavy (non-hydrogen) atoms. The van der Waals surface area contributed by atoms with Crippen LogP contribution >= 0.6 is 12.6 Å². The molecular weight excluding hydrogens is 432 g/mol. The fraction of sp³-hybridized carbons (Fsp3) is 0.259. The Morgan fingerprint density at radius 1 is 1.09 bits per heavy atom. The Bertz CT molecular complexity index is 1210. The lowest BCUT2D eigenvalue weighted by Crippen LogP contribution is -2.05. The van der Waals surface area contributed by atoms with Crippen LogP contribution < -0.4 is 10.5 Å². The van der Waals surface area contributed by atoms with Gasteiger partial charge in [-0.1, -0.05) is 38.0 Å². The topological polar surface area (TPSA) is 78.4 Å². The van der Waals surface area contributed by atoms with Gasteiger partial charge in [0.25, 0.3) is 0 Å². The maximum atomic E-state index is 12.9. The second-order valence-corrected chi connectivity index (χ2v) is 8.18. The van der Waals surface area contributed by atoms with E-state index >= 15 is 0 Å². The maximum absolute atomic E-state index is 12.9. The number of ether oxygens (including phenoxy) is 1. The van der Waals surface area contributed by atoms with E-state index in [1.54, 1.807) is 19.4 Å². The minimum absolute atomic E-state index is 0.146. The second kappa shape index (κ2) is 11.6. The predicted octanol–water partition coefficient (Wildman–Crippen LogP) is 6.73. The number of aromatic nitrogens is 1. The van der Waals surface area contributed by atoms with Gasteiger partial charge in [-0.3, -0.25) is 9.78 Å². The van der Waals surface area contributed by atoms with Gasteiger partial charge in [0.2, 0.25) is 5.78 Å². The van der Waals surface area contributed by atoms with Gasteiger partial charge in [0, 0.05) is 23.3 Å². The van der Waals surface area contributed by atoms with Gasteiger partial charge in [0.1, 0.15) is 11.3 Å². The number of aryl methyl sites for hydroxylation is 1. The quantitative estimate of drug-likeness (QED) is 0.181. The normalized spacial score (nSPS) is 10.5. The molecule has 2 heterocycles. The van der Waals surface area contributed by atoms with Gasteiger partial charge in [-0.15, -0.1) is 0 Å². The number of rotatable bonds is 7. The highest BCUT2D eigenvalue weighted by Crippen LogP contribution is 2.34. The molecule has 0 aliphatic heterocycles. The molecule has 0 fully saturated rings. The molecule has 0 unspecified atom stereocenters. The van der Waals surface area contributed by atoms with Crippen molar-refractivity contribution in [3.63, 3.8) is 0 Å². The lowest BCUT2D eigenvalue weighted by molar-refractivity contribution is 0.101. The van der Waals surface area contributed by atoms with Crippen molar-refractivity contribution in [3.8, 4) is 16.9 Å². The molecule has 2 aromatic carbocycles. The number of furan rings is 1. The minimum atomic E-state index is -0.264. The number of ketones is 1. The van der Waals surface area contributed by atoms with Crippen molar-refractivity contribution in [3.05, 3.63) is 77.8 Å². The smallest absolute Gasteiger partial charge is 0.232 e. The SMILES string of the molecule is CCCCCS.COc1ccc(-c2ccc3c(N)c(C(=O)c4cnccc4C)oc3c2)cc1. The van der Waals surface area contributed by atoms with Gasteiger partial charge >= 0.3 is 0 Å². The number of nitrogen functional groups attached to an aromatic ring is 1. The Labute approximate surface area is 200 Å². The van der Waals surface area contributed by atoms with Crippen molar-refractivity contribution in [1.29, 1.82) is 0 Å².